The van der Waals surface area contributed by atoms with Crippen LogP contribution in [0.4, 0.5) is 17.6 Å². The smallest absolute Gasteiger partial charge is 0.320 e. The fourth-order valence-corrected chi connectivity index (χ4v) is 3.02. The Bertz CT molecular complexity index is 617. The number of hydrogen-bond acceptors (Lipinski definition) is 3. The van der Waals surface area contributed by atoms with Crippen molar-refractivity contribution in [2.75, 3.05) is 6.54 Å². The van der Waals surface area contributed by atoms with Crippen molar-refractivity contribution < 1.29 is 31.1 Å². The van der Waals surface area contributed by atoms with Crippen molar-refractivity contribution in [3.05, 3.63) is 28.8 Å². The van der Waals surface area contributed by atoms with Gasteiger partial charge >= 0.3 is 12.3 Å². The van der Waals surface area contributed by atoms with E-state index in [1.807, 2.05) is 0 Å². The zero-order valence-corrected chi connectivity index (χ0v) is 12.1. The molecule has 0 bridgehead atoms. The summed E-state index contributed by atoms with van der Waals surface area (Å²) in [6, 6.07) is 2.66. The molecular weight excluding hydrogens is 314 g/mol. The average Bonchev–Trinajstić information content (AvgIpc) is 2.39. The number of nitrogens with one attached hydrogen (secondary N) is 1. The molecular formula is C12H15F4NO3S. The summed E-state index contributed by atoms with van der Waals surface area (Å²) in [5.74, 6) is -4.45. The van der Waals surface area contributed by atoms with E-state index in [-0.39, 0.29) is 10.5 Å². The van der Waals surface area contributed by atoms with Crippen LogP contribution in [-0.2, 0) is 16.6 Å². The van der Waals surface area contributed by atoms with E-state index in [1.165, 1.54) is 11.6 Å². The van der Waals surface area contributed by atoms with Gasteiger partial charge < -0.3 is 5.11 Å². The van der Waals surface area contributed by atoms with E-state index in [0.717, 1.165) is 6.07 Å². The second-order valence-corrected chi connectivity index (χ2v) is 6.32. The van der Waals surface area contributed by atoms with E-state index in [9.17, 15) is 26.0 Å². The number of aliphatic hydroxyl groups excluding tert-OH is 1. The SMILES string of the molecule is Cc1cc(CO)cc(S(=O)(=O)NCC(F)(F)C(F)F)c1C. The number of alkyl halides is 4. The van der Waals surface area contributed by atoms with Crippen LogP contribution in [0.5, 0.6) is 0 Å². The Labute approximate surface area is 119 Å². The van der Waals surface area contributed by atoms with E-state index in [2.05, 4.69) is 0 Å². The molecule has 1 aromatic rings. The molecule has 0 aliphatic carbocycles. The third-order valence-electron chi connectivity index (χ3n) is 2.97. The Balaban J connectivity index is 3.12. The Morgan fingerprint density at radius 2 is 1.86 bits per heavy atom. The van der Waals surface area contributed by atoms with Crippen LogP contribution in [0.2, 0.25) is 0 Å². The van der Waals surface area contributed by atoms with Crippen LogP contribution in [-0.4, -0.2) is 32.4 Å². The van der Waals surface area contributed by atoms with Crippen molar-refractivity contribution in [2.24, 2.45) is 0 Å². The minimum absolute atomic E-state index is 0.277. The molecule has 0 saturated carbocycles. The Kier molecular flexibility index (Phi) is 5.35. The van der Waals surface area contributed by atoms with Crippen LogP contribution in [0, 0.1) is 13.8 Å². The molecule has 0 fully saturated rings. The van der Waals surface area contributed by atoms with Gasteiger partial charge in [0.1, 0.15) is 0 Å². The second kappa shape index (κ2) is 6.29. The molecule has 0 unspecified atom stereocenters. The molecule has 4 nitrogen and oxygen atoms in total. The van der Waals surface area contributed by atoms with Gasteiger partial charge in [0, 0.05) is 0 Å². The van der Waals surface area contributed by atoms with Gasteiger partial charge in [-0.25, -0.2) is 21.9 Å². The minimum Gasteiger partial charge on any atom is -0.392 e. The maximum atomic E-state index is 12.8. The molecule has 1 rings (SSSR count). The lowest BCUT2D eigenvalue weighted by Crippen LogP contribution is -2.41. The van der Waals surface area contributed by atoms with Gasteiger partial charge in [0.2, 0.25) is 10.0 Å². The number of sulfonamides is 1. The molecule has 0 spiro atoms. The minimum atomic E-state index is -4.45. The summed E-state index contributed by atoms with van der Waals surface area (Å²) in [7, 11) is -4.39. The van der Waals surface area contributed by atoms with E-state index in [0.29, 0.717) is 11.1 Å². The topological polar surface area (TPSA) is 66.4 Å². The highest BCUT2D eigenvalue weighted by atomic mass is 32.2. The number of aliphatic hydroxyl groups is 1. The molecule has 2 N–H and O–H groups in total. The molecule has 120 valence electrons. The zero-order valence-electron chi connectivity index (χ0n) is 11.3. The highest BCUT2D eigenvalue weighted by molar-refractivity contribution is 7.89. The van der Waals surface area contributed by atoms with Gasteiger partial charge in [0.25, 0.3) is 0 Å². The number of halogens is 4. The predicted octanol–water partition coefficient (Wildman–Crippen LogP) is 1.97. The van der Waals surface area contributed by atoms with Crippen molar-refractivity contribution >= 4 is 10.0 Å². The first-order valence-electron chi connectivity index (χ1n) is 5.88. The summed E-state index contributed by atoms with van der Waals surface area (Å²) in [6.45, 7) is 0.906. The molecule has 0 aliphatic rings. The summed E-state index contributed by atoms with van der Waals surface area (Å²) in [5.41, 5.74) is 1.10. The van der Waals surface area contributed by atoms with Gasteiger partial charge in [-0.2, -0.15) is 8.78 Å². The molecule has 21 heavy (non-hydrogen) atoms. The molecule has 9 heteroatoms. The summed E-state index contributed by atoms with van der Waals surface area (Å²) in [4.78, 5) is -0.323. The molecule has 0 aliphatic heterocycles. The molecule has 0 radical (unpaired) electrons. The monoisotopic (exact) mass is 329 g/mol. The highest BCUT2D eigenvalue weighted by Gasteiger charge is 2.41. The fraction of sp³-hybridized carbons (Fsp3) is 0.500. The third-order valence-corrected chi connectivity index (χ3v) is 4.50. The molecule has 0 aromatic heterocycles. The lowest BCUT2D eigenvalue weighted by molar-refractivity contribution is -0.122. The zero-order chi connectivity index (χ0) is 16.4. The second-order valence-electron chi connectivity index (χ2n) is 4.58. The predicted molar refractivity (Wildman–Crippen MR) is 68.0 cm³/mol. The van der Waals surface area contributed by atoms with Crippen LogP contribution >= 0.6 is 0 Å². The first kappa shape index (κ1) is 17.9. The van der Waals surface area contributed by atoms with Gasteiger partial charge in [-0.15, -0.1) is 0 Å². The standard InChI is InChI=1S/C12H15F4NO3S/c1-7-3-9(5-18)4-10(8(7)2)21(19,20)17-6-12(15,16)11(13)14/h3-4,11,17-18H,5-6H2,1-2H3. The third kappa shape index (κ3) is 4.14. The number of benzene rings is 1. The van der Waals surface area contributed by atoms with Gasteiger partial charge in [-0.1, -0.05) is 6.07 Å². The van der Waals surface area contributed by atoms with Crippen LogP contribution in [0.15, 0.2) is 17.0 Å². The molecule has 0 atom stereocenters. The summed E-state index contributed by atoms with van der Waals surface area (Å²) in [5, 5.41) is 9.04. The summed E-state index contributed by atoms with van der Waals surface area (Å²) >= 11 is 0. The average molecular weight is 329 g/mol. The van der Waals surface area contributed by atoms with Crippen LogP contribution in [0.25, 0.3) is 0 Å². The van der Waals surface area contributed by atoms with Crippen molar-refractivity contribution in [2.45, 2.75) is 37.7 Å². The van der Waals surface area contributed by atoms with Crippen molar-refractivity contribution in [1.29, 1.82) is 0 Å². The van der Waals surface area contributed by atoms with Crippen molar-refractivity contribution in [3.8, 4) is 0 Å². The highest BCUT2D eigenvalue weighted by Crippen LogP contribution is 2.24. The van der Waals surface area contributed by atoms with Gasteiger partial charge in [-0.05, 0) is 36.6 Å². The molecule has 0 heterocycles. The van der Waals surface area contributed by atoms with Crippen molar-refractivity contribution in [3.63, 3.8) is 0 Å². The Morgan fingerprint density at radius 1 is 1.29 bits per heavy atom. The number of rotatable bonds is 6. The number of aryl methyl sites for hydroxylation is 1. The normalized spacial score (nSPS) is 13.0. The largest absolute Gasteiger partial charge is 0.392 e. The Morgan fingerprint density at radius 3 is 2.33 bits per heavy atom. The van der Waals surface area contributed by atoms with E-state index >= 15 is 0 Å². The molecule has 0 amide bonds. The first-order valence-corrected chi connectivity index (χ1v) is 7.36. The first-order chi connectivity index (χ1) is 9.51. The maximum Gasteiger partial charge on any atom is 0.320 e. The van der Waals surface area contributed by atoms with Crippen molar-refractivity contribution in [1.82, 2.24) is 4.72 Å². The van der Waals surface area contributed by atoms with E-state index in [4.69, 9.17) is 5.11 Å². The molecule has 1 aromatic carbocycles. The van der Waals surface area contributed by atoms with Crippen LogP contribution in [0.1, 0.15) is 16.7 Å². The van der Waals surface area contributed by atoms with Crippen LogP contribution < -0.4 is 4.72 Å². The summed E-state index contributed by atoms with van der Waals surface area (Å²) < 4.78 is 75.1. The summed E-state index contributed by atoms with van der Waals surface area (Å²) in [6.07, 6.45) is -3.97. The Hall–Kier alpha value is -1.19. The fourth-order valence-electron chi connectivity index (χ4n) is 1.62. The van der Waals surface area contributed by atoms with E-state index < -0.39 is 35.5 Å². The number of hydrogen-bond donors (Lipinski definition) is 2. The van der Waals surface area contributed by atoms with Gasteiger partial charge in [-0.3, -0.25) is 0 Å². The quantitative estimate of drug-likeness (QED) is 0.784. The lowest BCUT2D eigenvalue weighted by atomic mass is 10.1. The molecule has 0 saturated heterocycles. The van der Waals surface area contributed by atoms with Crippen LogP contribution in [0.3, 0.4) is 0 Å². The lowest BCUT2D eigenvalue weighted by Gasteiger charge is -2.17. The maximum absolute atomic E-state index is 12.8. The van der Waals surface area contributed by atoms with Gasteiger partial charge in [0.15, 0.2) is 0 Å². The van der Waals surface area contributed by atoms with Gasteiger partial charge in [0.05, 0.1) is 18.0 Å². The van der Waals surface area contributed by atoms with E-state index in [1.54, 1.807) is 13.0 Å².